The highest BCUT2D eigenvalue weighted by Gasteiger charge is 2.62. The van der Waals surface area contributed by atoms with Crippen molar-refractivity contribution in [3.63, 3.8) is 0 Å². The van der Waals surface area contributed by atoms with Gasteiger partial charge in [0.15, 0.2) is 0 Å². The summed E-state index contributed by atoms with van der Waals surface area (Å²) in [4.78, 5) is 68.8. The van der Waals surface area contributed by atoms with E-state index in [2.05, 4.69) is 37.1 Å². The number of benzene rings is 1. The lowest BCUT2D eigenvalue weighted by atomic mass is 9.85. The minimum absolute atomic E-state index is 0.0262. The van der Waals surface area contributed by atoms with Crippen LogP contribution in [0.2, 0.25) is 0 Å². The van der Waals surface area contributed by atoms with Crippen LogP contribution in [-0.2, 0) is 29.1 Å². The number of ether oxygens (including phenoxy) is 2. The van der Waals surface area contributed by atoms with Crippen molar-refractivity contribution in [1.29, 1.82) is 0 Å². The van der Waals surface area contributed by atoms with E-state index in [9.17, 15) is 32.0 Å². The number of sulfonamides is 1. The van der Waals surface area contributed by atoms with E-state index in [0.717, 1.165) is 58.0 Å². The third-order valence-corrected chi connectivity index (χ3v) is 13.6. The van der Waals surface area contributed by atoms with Crippen molar-refractivity contribution >= 4 is 51.3 Å². The van der Waals surface area contributed by atoms with Crippen LogP contribution < -0.4 is 30.3 Å². The molecule has 16 nitrogen and oxygen atoms in total. The highest BCUT2D eigenvalue weighted by Crippen LogP contribution is 2.45. The second-order valence-corrected chi connectivity index (χ2v) is 19.4. The molecule has 59 heavy (non-hydrogen) atoms. The van der Waals surface area contributed by atoms with Crippen LogP contribution >= 0.6 is 0 Å². The first-order chi connectivity index (χ1) is 28.0. The Morgan fingerprint density at radius 3 is 2.31 bits per heavy atom. The number of likely N-dealkylation sites (tertiary alicyclic amines) is 1. The molecule has 5 atom stereocenters. The van der Waals surface area contributed by atoms with Gasteiger partial charge < -0.3 is 35.2 Å². The van der Waals surface area contributed by atoms with Crippen molar-refractivity contribution in [3.8, 4) is 5.88 Å². The lowest BCUT2D eigenvalue weighted by Gasteiger charge is -2.35. The Kier molecular flexibility index (Phi) is 12.1. The van der Waals surface area contributed by atoms with Gasteiger partial charge in [-0.1, -0.05) is 26.8 Å². The molecule has 7 rings (SSSR count). The smallest absolute Gasteiger partial charge is 0.408 e. The van der Waals surface area contributed by atoms with Gasteiger partial charge >= 0.3 is 6.09 Å². The quantitative estimate of drug-likeness (QED) is 0.195. The number of halogens is 1. The van der Waals surface area contributed by atoms with Gasteiger partial charge in [0, 0.05) is 37.2 Å². The molecule has 0 unspecified atom stereocenters. The fourth-order valence-corrected chi connectivity index (χ4v) is 9.53. The number of alkyl carbamates (subject to hydrolysis) is 1. The standard InChI is InChI=1S/C41H55FN8O8S/c1-5-25-23-41(25,37(53)48-59(55,56)30-17-18-30)47-35(51)31-21-29(24-50(31)36(52)34(40(2,3)4)46-39(54)58-28-11-7-8-12-28)57-33-22-32(49-19-9-6-10-20-49)44-38(45-33)43-27-15-13-26(42)14-16-27/h5,13-16,22,25,28-31,34H,1,6-12,17-21,23-24H2,2-4H3,(H,46,54)(H,47,51)(H,48,53)(H,43,44,45)/t25-,29-,31+,34-,41-/m1/s1. The highest BCUT2D eigenvalue weighted by molar-refractivity contribution is 7.91. The number of hydrogen-bond acceptors (Lipinski definition) is 12. The van der Waals surface area contributed by atoms with Gasteiger partial charge in [-0.15, -0.1) is 6.58 Å². The van der Waals surface area contributed by atoms with Crippen LogP contribution in [0.3, 0.4) is 0 Å². The van der Waals surface area contributed by atoms with Crippen molar-refractivity contribution in [2.24, 2.45) is 11.3 Å². The highest BCUT2D eigenvalue weighted by atomic mass is 32.2. The molecule has 4 N–H and O–H groups in total. The van der Waals surface area contributed by atoms with E-state index >= 15 is 0 Å². The number of piperidine rings is 1. The molecule has 2 aromatic rings. The number of anilines is 3. The summed E-state index contributed by atoms with van der Waals surface area (Å²) in [5.41, 5.74) is -1.86. The zero-order chi connectivity index (χ0) is 42.1. The summed E-state index contributed by atoms with van der Waals surface area (Å²) >= 11 is 0. The molecule has 3 aliphatic carbocycles. The van der Waals surface area contributed by atoms with Gasteiger partial charge in [0.05, 0.1) is 11.8 Å². The van der Waals surface area contributed by atoms with E-state index in [1.807, 2.05) is 0 Å². The summed E-state index contributed by atoms with van der Waals surface area (Å²) in [6, 6.07) is 5.14. The van der Waals surface area contributed by atoms with Gasteiger partial charge in [-0.2, -0.15) is 9.97 Å². The van der Waals surface area contributed by atoms with E-state index in [0.29, 0.717) is 24.3 Å². The van der Waals surface area contributed by atoms with Crippen LogP contribution in [0.15, 0.2) is 43.0 Å². The number of amides is 4. The Labute approximate surface area is 344 Å². The number of hydrogen-bond donors (Lipinski definition) is 4. The maximum Gasteiger partial charge on any atom is 0.408 e. The van der Waals surface area contributed by atoms with Gasteiger partial charge in [-0.25, -0.2) is 17.6 Å². The molecule has 1 aromatic heterocycles. The van der Waals surface area contributed by atoms with E-state index in [1.54, 1.807) is 39.0 Å². The van der Waals surface area contributed by atoms with Gasteiger partial charge in [0.1, 0.15) is 41.5 Å². The number of rotatable bonds is 14. The lowest BCUT2D eigenvalue weighted by molar-refractivity contribution is -0.143. The number of aromatic nitrogens is 2. The average molecular weight is 839 g/mol. The Balaban J connectivity index is 1.16. The van der Waals surface area contributed by atoms with Crippen molar-refractivity contribution in [2.75, 3.05) is 29.9 Å². The van der Waals surface area contributed by atoms with E-state index in [4.69, 9.17) is 14.5 Å². The summed E-state index contributed by atoms with van der Waals surface area (Å²) < 4.78 is 53.6. The van der Waals surface area contributed by atoms with Gasteiger partial charge in [0.25, 0.3) is 5.91 Å². The average Bonchev–Trinajstić information content (AvgIpc) is 4.08. The Morgan fingerprint density at radius 1 is 0.983 bits per heavy atom. The van der Waals surface area contributed by atoms with Crippen molar-refractivity contribution in [2.45, 2.75) is 126 Å². The fraction of sp³-hybridized carbons (Fsp3) is 0.610. The third kappa shape index (κ3) is 9.90. The second-order valence-electron chi connectivity index (χ2n) is 17.5. The number of nitrogens with zero attached hydrogens (tertiary/aromatic N) is 4. The molecule has 2 aliphatic heterocycles. The molecular weight excluding hydrogens is 784 g/mol. The summed E-state index contributed by atoms with van der Waals surface area (Å²) in [7, 11) is -3.93. The zero-order valence-electron chi connectivity index (χ0n) is 33.9. The predicted molar refractivity (Wildman–Crippen MR) is 217 cm³/mol. The molecule has 320 valence electrons. The number of carbonyl (C=O) groups excluding carboxylic acids is 4. The lowest BCUT2D eigenvalue weighted by Crippen LogP contribution is -2.60. The van der Waals surface area contributed by atoms with Crippen molar-refractivity contribution in [3.05, 3.63) is 48.8 Å². The molecule has 5 fully saturated rings. The van der Waals surface area contributed by atoms with Crippen LogP contribution in [0.1, 0.15) is 91.4 Å². The van der Waals surface area contributed by atoms with Gasteiger partial charge in [0.2, 0.25) is 33.7 Å². The Bertz CT molecular complexity index is 2030. The first-order valence-electron chi connectivity index (χ1n) is 20.7. The monoisotopic (exact) mass is 838 g/mol. The largest absolute Gasteiger partial charge is 0.472 e. The van der Waals surface area contributed by atoms with Crippen LogP contribution in [0.25, 0.3) is 0 Å². The second kappa shape index (κ2) is 16.9. The maximum absolute atomic E-state index is 14.7. The minimum atomic E-state index is -3.93. The molecule has 3 heterocycles. The molecule has 5 aliphatic rings. The van der Waals surface area contributed by atoms with Crippen LogP contribution in [0, 0.1) is 17.2 Å². The van der Waals surface area contributed by atoms with Crippen LogP contribution in [0.4, 0.5) is 26.6 Å². The topological polar surface area (TPSA) is 201 Å². The van der Waals surface area contributed by atoms with Crippen molar-refractivity contribution < 1.29 is 41.5 Å². The molecule has 2 saturated heterocycles. The summed E-state index contributed by atoms with van der Waals surface area (Å²) in [6.07, 6.45) is 7.12. The molecule has 18 heteroatoms. The van der Waals surface area contributed by atoms with E-state index in [-0.39, 0.29) is 37.3 Å². The van der Waals surface area contributed by atoms with Crippen molar-refractivity contribution in [1.82, 2.24) is 30.2 Å². The molecule has 1 aromatic carbocycles. The third-order valence-electron chi connectivity index (χ3n) is 11.8. The minimum Gasteiger partial charge on any atom is -0.472 e. The zero-order valence-corrected chi connectivity index (χ0v) is 34.7. The number of nitrogens with one attached hydrogen (secondary N) is 4. The molecule has 4 amide bonds. The molecule has 0 radical (unpaired) electrons. The van der Waals surface area contributed by atoms with Crippen LogP contribution in [0.5, 0.6) is 5.88 Å². The Morgan fingerprint density at radius 2 is 1.68 bits per heavy atom. The molecule has 0 spiro atoms. The van der Waals surface area contributed by atoms with Gasteiger partial charge in [-0.05, 0) is 93.9 Å². The summed E-state index contributed by atoms with van der Waals surface area (Å²) in [6.45, 7) is 10.6. The molecular formula is C41H55FN8O8S. The molecule has 0 bridgehead atoms. The fourth-order valence-electron chi connectivity index (χ4n) is 8.17. The first kappa shape index (κ1) is 42.1. The van der Waals surface area contributed by atoms with Gasteiger partial charge in [-0.3, -0.25) is 19.1 Å². The van der Waals surface area contributed by atoms with E-state index < -0.39 is 80.0 Å². The Hall–Kier alpha value is -5.00. The summed E-state index contributed by atoms with van der Waals surface area (Å²) in [5.74, 6) is -2.08. The normalized spacial score (nSPS) is 25.1. The summed E-state index contributed by atoms with van der Waals surface area (Å²) in [5, 5.41) is 8.04. The SMILES string of the molecule is C=C[C@@H]1C[C@]1(NC(=O)[C@@H]1C[C@@H](Oc2cc(N3CCCCC3)nc(Nc3ccc(F)cc3)n2)CN1C(=O)[C@@H](NC(=O)OC1CCCC1)C(C)(C)C)C(=O)NS(=O)(=O)C1CC1. The first-order valence-corrected chi connectivity index (χ1v) is 22.2. The predicted octanol–water partition coefficient (Wildman–Crippen LogP) is 4.45. The number of carbonyl (C=O) groups is 4. The van der Waals surface area contributed by atoms with E-state index in [1.165, 1.54) is 23.1 Å². The molecule has 3 saturated carbocycles. The van der Waals surface area contributed by atoms with Crippen LogP contribution in [-0.4, -0.2) is 102 Å². The maximum atomic E-state index is 14.7.